The molecular formula is C12H12N4O3S. The van der Waals surface area contributed by atoms with Crippen molar-refractivity contribution in [3.8, 4) is 0 Å². The Morgan fingerprint density at radius 3 is 2.95 bits per heavy atom. The van der Waals surface area contributed by atoms with E-state index in [0.717, 1.165) is 0 Å². The van der Waals surface area contributed by atoms with Crippen LogP contribution in [0.3, 0.4) is 0 Å². The van der Waals surface area contributed by atoms with E-state index in [1.54, 1.807) is 19.2 Å². The largest absolute Gasteiger partial charge is 0.411 e. The van der Waals surface area contributed by atoms with Gasteiger partial charge in [-0.25, -0.2) is 4.98 Å². The molecular weight excluding hydrogens is 280 g/mol. The monoisotopic (exact) mass is 292 g/mol. The van der Waals surface area contributed by atoms with E-state index in [-0.39, 0.29) is 11.0 Å². The Morgan fingerprint density at radius 2 is 2.30 bits per heavy atom. The minimum absolute atomic E-state index is 0.0138. The molecule has 0 aliphatic rings. The first-order valence-corrected chi connectivity index (χ1v) is 6.54. The molecule has 7 nitrogen and oxygen atoms in total. The van der Waals surface area contributed by atoms with Crippen LogP contribution in [-0.2, 0) is 0 Å². The number of hydrogen-bond donors (Lipinski definition) is 3. The third kappa shape index (κ3) is 2.91. The zero-order valence-electron chi connectivity index (χ0n) is 10.8. The summed E-state index contributed by atoms with van der Waals surface area (Å²) in [6, 6.07) is 1.35. The second-order valence-electron chi connectivity index (χ2n) is 4.07. The van der Waals surface area contributed by atoms with E-state index in [9.17, 15) is 9.59 Å². The van der Waals surface area contributed by atoms with Crippen LogP contribution in [0.5, 0.6) is 0 Å². The van der Waals surface area contributed by atoms with E-state index >= 15 is 0 Å². The average molecular weight is 292 g/mol. The van der Waals surface area contributed by atoms with Gasteiger partial charge in [0.25, 0.3) is 5.91 Å². The molecule has 0 aliphatic heterocycles. The number of thiazole rings is 1. The zero-order valence-corrected chi connectivity index (χ0v) is 11.6. The van der Waals surface area contributed by atoms with Gasteiger partial charge in [0.15, 0.2) is 10.6 Å². The maximum absolute atomic E-state index is 12.0. The molecule has 0 aromatic carbocycles. The first-order chi connectivity index (χ1) is 9.51. The number of anilines is 1. The molecule has 8 heteroatoms. The number of aryl methyl sites for hydroxylation is 1. The summed E-state index contributed by atoms with van der Waals surface area (Å²) in [7, 11) is 0. The SMILES string of the molecule is CC(=NO)c1csc(NC(=O)c2c[nH]c(C)cc2=O)n1. The summed E-state index contributed by atoms with van der Waals surface area (Å²) in [6.07, 6.45) is 1.36. The predicted octanol–water partition coefficient (Wildman–Crippen LogP) is 1.59. The maximum atomic E-state index is 12.0. The molecule has 0 saturated heterocycles. The Morgan fingerprint density at radius 1 is 1.55 bits per heavy atom. The quantitative estimate of drug-likeness (QED) is 0.453. The van der Waals surface area contributed by atoms with E-state index in [0.29, 0.717) is 22.2 Å². The molecule has 0 bridgehead atoms. The summed E-state index contributed by atoms with van der Waals surface area (Å²) in [5.41, 5.74) is 1.14. The van der Waals surface area contributed by atoms with Gasteiger partial charge in [-0.2, -0.15) is 0 Å². The number of nitrogens with one attached hydrogen (secondary N) is 2. The number of aromatic amines is 1. The summed E-state index contributed by atoms with van der Waals surface area (Å²) >= 11 is 1.18. The van der Waals surface area contributed by atoms with Crippen molar-refractivity contribution in [2.45, 2.75) is 13.8 Å². The lowest BCUT2D eigenvalue weighted by atomic mass is 10.2. The summed E-state index contributed by atoms with van der Waals surface area (Å²) in [5, 5.41) is 16.2. The Hall–Kier alpha value is -2.48. The number of aromatic nitrogens is 2. The molecule has 0 atom stereocenters. The highest BCUT2D eigenvalue weighted by Crippen LogP contribution is 2.16. The van der Waals surface area contributed by atoms with E-state index in [2.05, 4.69) is 20.4 Å². The van der Waals surface area contributed by atoms with Gasteiger partial charge in [0.1, 0.15) is 17.0 Å². The molecule has 0 unspecified atom stereocenters. The van der Waals surface area contributed by atoms with Crippen molar-refractivity contribution in [3.63, 3.8) is 0 Å². The van der Waals surface area contributed by atoms with Gasteiger partial charge in [0.2, 0.25) is 0 Å². The van der Waals surface area contributed by atoms with Crippen LogP contribution in [0, 0.1) is 6.92 Å². The van der Waals surface area contributed by atoms with Crippen molar-refractivity contribution >= 4 is 28.1 Å². The normalized spacial score (nSPS) is 11.4. The third-order valence-corrected chi connectivity index (χ3v) is 3.30. The second kappa shape index (κ2) is 5.66. The van der Waals surface area contributed by atoms with Gasteiger partial charge in [0, 0.05) is 23.3 Å². The molecule has 0 spiro atoms. The van der Waals surface area contributed by atoms with Crippen LogP contribution in [0.25, 0.3) is 0 Å². The van der Waals surface area contributed by atoms with Crippen molar-refractivity contribution in [2.75, 3.05) is 5.32 Å². The predicted molar refractivity (Wildman–Crippen MR) is 75.9 cm³/mol. The van der Waals surface area contributed by atoms with Gasteiger partial charge in [-0.1, -0.05) is 5.16 Å². The molecule has 1 amide bonds. The number of amides is 1. The second-order valence-corrected chi connectivity index (χ2v) is 4.93. The van der Waals surface area contributed by atoms with Crippen molar-refractivity contribution in [2.24, 2.45) is 5.16 Å². The van der Waals surface area contributed by atoms with Crippen LogP contribution in [0.15, 0.2) is 27.6 Å². The summed E-state index contributed by atoms with van der Waals surface area (Å²) in [6.45, 7) is 3.32. The van der Waals surface area contributed by atoms with Gasteiger partial charge >= 0.3 is 0 Å². The summed E-state index contributed by atoms with van der Waals surface area (Å²) in [5.74, 6) is -0.536. The molecule has 20 heavy (non-hydrogen) atoms. The smallest absolute Gasteiger partial charge is 0.262 e. The van der Waals surface area contributed by atoms with Crippen LogP contribution < -0.4 is 10.7 Å². The minimum atomic E-state index is -0.536. The minimum Gasteiger partial charge on any atom is -0.411 e. The zero-order chi connectivity index (χ0) is 14.7. The molecule has 0 saturated carbocycles. The van der Waals surface area contributed by atoms with Gasteiger partial charge in [-0.15, -0.1) is 11.3 Å². The molecule has 2 aromatic heterocycles. The Balaban J connectivity index is 2.19. The molecule has 3 N–H and O–H groups in total. The van der Waals surface area contributed by atoms with Crippen molar-refractivity contribution in [1.82, 2.24) is 9.97 Å². The highest BCUT2D eigenvalue weighted by molar-refractivity contribution is 7.14. The van der Waals surface area contributed by atoms with Crippen molar-refractivity contribution < 1.29 is 10.0 Å². The molecule has 2 rings (SSSR count). The van der Waals surface area contributed by atoms with Crippen LogP contribution in [0.1, 0.15) is 28.7 Å². The molecule has 0 aliphatic carbocycles. The number of H-pyrrole nitrogens is 1. The lowest BCUT2D eigenvalue weighted by Gasteiger charge is -2.01. The van der Waals surface area contributed by atoms with Crippen LogP contribution in [0.2, 0.25) is 0 Å². The van der Waals surface area contributed by atoms with Crippen molar-refractivity contribution in [1.29, 1.82) is 0 Å². The summed E-state index contributed by atoms with van der Waals surface area (Å²) in [4.78, 5) is 30.5. The molecule has 0 fully saturated rings. The van der Waals surface area contributed by atoms with Gasteiger partial charge in [-0.3, -0.25) is 14.9 Å². The molecule has 104 valence electrons. The number of rotatable bonds is 3. The standard InChI is InChI=1S/C12H12N4O3S/c1-6-3-10(17)8(4-13-6)11(18)15-12-14-9(5-20-12)7(2)16-19/h3-5,19H,1-2H3,(H,13,17)(H,14,15,18). The van der Waals surface area contributed by atoms with Crippen LogP contribution in [0.4, 0.5) is 5.13 Å². The Bertz CT molecular complexity index is 732. The number of nitrogens with zero attached hydrogens (tertiary/aromatic N) is 2. The summed E-state index contributed by atoms with van der Waals surface area (Å²) < 4.78 is 0. The molecule has 0 radical (unpaired) electrons. The lowest BCUT2D eigenvalue weighted by molar-refractivity contribution is 0.102. The number of carbonyl (C=O) groups excluding carboxylic acids is 1. The first kappa shape index (κ1) is 13.9. The number of hydrogen-bond acceptors (Lipinski definition) is 6. The number of carbonyl (C=O) groups is 1. The highest BCUT2D eigenvalue weighted by atomic mass is 32.1. The van der Waals surface area contributed by atoms with Gasteiger partial charge < -0.3 is 10.2 Å². The van der Waals surface area contributed by atoms with Gasteiger partial charge in [-0.05, 0) is 13.8 Å². The Kier molecular flexibility index (Phi) is 3.94. The first-order valence-electron chi connectivity index (χ1n) is 5.66. The fourth-order valence-corrected chi connectivity index (χ4v) is 2.21. The molecule has 2 aromatic rings. The van der Waals surface area contributed by atoms with Crippen molar-refractivity contribution in [3.05, 3.63) is 44.8 Å². The van der Waals surface area contributed by atoms with Crippen LogP contribution in [-0.4, -0.2) is 26.8 Å². The van der Waals surface area contributed by atoms with E-state index in [4.69, 9.17) is 5.21 Å². The third-order valence-electron chi connectivity index (χ3n) is 2.55. The van der Waals surface area contributed by atoms with E-state index in [1.165, 1.54) is 23.6 Å². The Labute approximate surface area is 118 Å². The maximum Gasteiger partial charge on any atom is 0.262 e. The fraction of sp³-hybridized carbons (Fsp3) is 0.167. The van der Waals surface area contributed by atoms with E-state index < -0.39 is 5.91 Å². The number of oxime groups is 1. The topological polar surface area (TPSA) is 107 Å². The van der Waals surface area contributed by atoms with Crippen LogP contribution >= 0.6 is 11.3 Å². The fourth-order valence-electron chi connectivity index (χ4n) is 1.46. The average Bonchev–Trinajstić information content (AvgIpc) is 2.86. The molecule has 2 heterocycles. The number of pyridine rings is 1. The van der Waals surface area contributed by atoms with Gasteiger partial charge in [0.05, 0.1) is 0 Å². The highest BCUT2D eigenvalue weighted by Gasteiger charge is 2.13. The lowest BCUT2D eigenvalue weighted by Crippen LogP contribution is -2.21. The van der Waals surface area contributed by atoms with E-state index in [1.807, 2.05) is 0 Å².